The van der Waals surface area contributed by atoms with E-state index in [0.717, 1.165) is 27.6 Å². The molecule has 0 saturated carbocycles. The van der Waals surface area contributed by atoms with Crippen LogP contribution in [0.15, 0.2) is 77.8 Å². The highest BCUT2D eigenvalue weighted by Crippen LogP contribution is 2.43. The third kappa shape index (κ3) is 3.51. The van der Waals surface area contributed by atoms with E-state index in [1.807, 2.05) is 54.7 Å². The van der Waals surface area contributed by atoms with Gasteiger partial charge < -0.3 is 14.2 Å². The third-order valence-electron chi connectivity index (χ3n) is 4.38. The van der Waals surface area contributed by atoms with Crippen LogP contribution in [0.1, 0.15) is 16.8 Å². The molecule has 0 unspecified atom stereocenters. The fourth-order valence-electron chi connectivity index (χ4n) is 3.01. The van der Waals surface area contributed by atoms with Gasteiger partial charge in [0.2, 0.25) is 0 Å². The lowest BCUT2D eigenvalue weighted by Crippen LogP contribution is -2.23. The van der Waals surface area contributed by atoms with Gasteiger partial charge in [0.1, 0.15) is 0 Å². The number of fused-ring (bicyclic) bond motifs is 2. The summed E-state index contributed by atoms with van der Waals surface area (Å²) in [6.45, 7) is 0.733. The molecule has 0 fully saturated rings. The van der Waals surface area contributed by atoms with Gasteiger partial charge in [0.25, 0.3) is 0 Å². The Morgan fingerprint density at radius 1 is 1.00 bits per heavy atom. The monoisotopic (exact) mass is 376 g/mol. The molecule has 0 radical (unpaired) electrons. The largest absolute Gasteiger partial charge is 0.414 e. The maximum absolute atomic E-state index is 12.4. The van der Waals surface area contributed by atoms with E-state index in [4.69, 9.17) is 4.74 Å². The van der Waals surface area contributed by atoms with Crippen LogP contribution in [0.5, 0.6) is 0 Å². The molecule has 3 aromatic rings. The molecule has 1 aliphatic rings. The highest BCUT2D eigenvalue weighted by atomic mass is 32.2. The van der Waals surface area contributed by atoms with Crippen LogP contribution in [0.25, 0.3) is 10.7 Å². The highest BCUT2D eigenvalue weighted by molar-refractivity contribution is 8.08. The maximum atomic E-state index is 12.4. The van der Waals surface area contributed by atoms with Gasteiger partial charge in [-0.05, 0) is 29.3 Å². The minimum absolute atomic E-state index is 0.388. The van der Waals surface area contributed by atoms with Crippen molar-refractivity contribution in [2.24, 2.45) is 0 Å². The van der Waals surface area contributed by atoms with Crippen molar-refractivity contribution in [3.8, 4) is 0 Å². The summed E-state index contributed by atoms with van der Waals surface area (Å²) in [6, 6.07) is 22.4. The lowest BCUT2D eigenvalue weighted by atomic mass is 10.1. The van der Waals surface area contributed by atoms with Crippen LogP contribution in [0.4, 0.5) is 4.79 Å². The molecule has 0 atom stereocenters. The third-order valence-corrected chi connectivity index (χ3v) is 5.63. The molecular formula is C22H20N2O2S. The number of aromatic nitrogens is 1. The van der Waals surface area contributed by atoms with Crippen LogP contribution in [0.3, 0.4) is 0 Å². The molecule has 1 aliphatic heterocycles. The zero-order valence-corrected chi connectivity index (χ0v) is 16.1. The summed E-state index contributed by atoms with van der Waals surface area (Å²) in [4.78, 5) is 15.9. The fourth-order valence-corrected chi connectivity index (χ4v) is 4.13. The van der Waals surface area contributed by atoms with E-state index in [0.29, 0.717) is 5.76 Å². The van der Waals surface area contributed by atoms with E-state index in [2.05, 4.69) is 22.8 Å². The molecular weight excluding hydrogens is 356 g/mol. The molecule has 1 amide bonds. The van der Waals surface area contributed by atoms with E-state index >= 15 is 0 Å². The predicted octanol–water partition coefficient (Wildman–Crippen LogP) is 5.17. The van der Waals surface area contributed by atoms with E-state index in [1.165, 1.54) is 10.5 Å². The smallest absolute Gasteiger partial charge is 0.407 e. The number of hydrogen-bond acceptors (Lipinski definition) is 3. The van der Waals surface area contributed by atoms with Crippen LogP contribution in [0.2, 0.25) is 0 Å². The summed E-state index contributed by atoms with van der Waals surface area (Å²) in [5.41, 5.74) is 3.16. The summed E-state index contributed by atoms with van der Waals surface area (Å²) in [6.07, 6.45) is 1.63. The van der Waals surface area contributed by atoms with Crippen LogP contribution in [0, 0.1) is 0 Å². The second-order valence-corrected chi connectivity index (χ2v) is 7.57. The lowest BCUT2D eigenvalue weighted by molar-refractivity contribution is 0.162. The van der Waals surface area contributed by atoms with Crippen LogP contribution >= 0.6 is 11.8 Å². The van der Waals surface area contributed by atoms with Gasteiger partial charge in [-0.1, -0.05) is 60.3 Å². The SMILES string of the molecule is CN(C)C(=O)O/C1=C(\c2ccccc2)Sc2ccccc2Cn2cccc21. The first-order chi connectivity index (χ1) is 13.1. The van der Waals surface area contributed by atoms with Crippen LogP contribution in [-0.4, -0.2) is 29.7 Å². The van der Waals surface area contributed by atoms with E-state index in [-0.39, 0.29) is 6.09 Å². The molecule has 2 aromatic carbocycles. The summed E-state index contributed by atoms with van der Waals surface area (Å²) in [7, 11) is 3.38. The first-order valence-electron chi connectivity index (χ1n) is 8.73. The van der Waals surface area contributed by atoms with E-state index in [1.54, 1.807) is 25.9 Å². The zero-order chi connectivity index (χ0) is 18.8. The molecule has 0 N–H and O–H groups in total. The summed E-state index contributed by atoms with van der Waals surface area (Å²) in [5.74, 6) is 0.587. The number of hydrogen-bond donors (Lipinski definition) is 0. The highest BCUT2D eigenvalue weighted by Gasteiger charge is 2.24. The Hall–Kier alpha value is -2.92. The number of nitrogens with zero attached hydrogens (tertiary/aromatic N) is 2. The van der Waals surface area contributed by atoms with Gasteiger partial charge in [0.15, 0.2) is 5.76 Å². The number of carbonyl (C=O) groups excluding carboxylic acids is 1. The Labute approximate surface area is 163 Å². The topological polar surface area (TPSA) is 34.5 Å². The number of benzene rings is 2. The number of ether oxygens (including phenoxy) is 1. The van der Waals surface area contributed by atoms with Crippen molar-refractivity contribution in [3.05, 3.63) is 89.7 Å². The molecule has 0 spiro atoms. The molecule has 136 valence electrons. The molecule has 1 aromatic heterocycles. The molecule has 4 rings (SSSR count). The summed E-state index contributed by atoms with van der Waals surface area (Å²) in [5, 5.41) is 0. The molecule has 5 heteroatoms. The van der Waals surface area contributed by atoms with Crippen molar-refractivity contribution in [1.29, 1.82) is 0 Å². The number of rotatable bonds is 2. The second kappa shape index (κ2) is 7.37. The minimum Gasteiger partial charge on any atom is -0.407 e. The van der Waals surface area contributed by atoms with Crippen molar-refractivity contribution in [3.63, 3.8) is 0 Å². The van der Waals surface area contributed by atoms with Crippen molar-refractivity contribution < 1.29 is 9.53 Å². The quantitative estimate of drug-likeness (QED) is 0.619. The zero-order valence-electron chi connectivity index (χ0n) is 15.3. The van der Waals surface area contributed by atoms with Crippen LogP contribution in [-0.2, 0) is 11.3 Å². The molecule has 0 bridgehead atoms. The van der Waals surface area contributed by atoms with E-state index < -0.39 is 0 Å². The van der Waals surface area contributed by atoms with E-state index in [9.17, 15) is 4.79 Å². The molecule has 0 saturated heterocycles. The molecule has 0 aliphatic carbocycles. The Bertz CT molecular complexity index is 1010. The minimum atomic E-state index is -0.388. The average Bonchev–Trinajstić information content (AvgIpc) is 3.12. The first kappa shape index (κ1) is 17.5. The Morgan fingerprint density at radius 2 is 1.74 bits per heavy atom. The second-order valence-electron chi connectivity index (χ2n) is 6.52. The van der Waals surface area contributed by atoms with Crippen molar-refractivity contribution in [2.45, 2.75) is 11.4 Å². The average molecular weight is 376 g/mol. The standard InChI is InChI=1S/C22H20N2O2S/c1-23(2)22(25)26-20-18-12-8-14-24(18)15-17-11-6-7-13-19(17)27-21(20)16-9-4-3-5-10-16/h3-14H,15H2,1-2H3/b21-20+. The van der Waals surface area contributed by atoms with Gasteiger partial charge in [-0.3, -0.25) is 0 Å². The van der Waals surface area contributed by atoms with Gasteiger partial charge in [-0.15, -0.1) is 0 Å². The number of thioether (sulfide) groups is 1. The Morgan fingerprint density at radius 3 is 2.52 bits per heavy atom. The first-order valence-corrected chi connectivity index (χ1v) is 9.55. The fraction of sp³-hybridized carbons (Fsp3) is 0.136. The maximum Gasteiger partial charge on any atom is 0.414 e. The van der Waals surface area contributed by atoms with Crippen molar-refractivity contribution in [1.82, 2.24) is 9.47 Å². The van der Waals surface area contributed by atoms with Gasteiger partial charge >= 0.3 is 6.09 Å². The van der Waals surface area contributed by atoms with Gasteiger partial charge in [0, 0.05) is 31.7 Å². The summed E-state index contributed by atoms with van der Waals surface area (Å²) < 4.78 is 8.00. The van der Waals surface area contributed by atoms with Gasteiger partial charge in [-0.2, -0.15) is 0 Å². The number of carbonyl (C=O) groups is 1. The molecule has 4 nitrogen and oxygen atoms in total. The van der Waals surface area contributed by atoms with Crippen molar-refractivity contribution >= 4 is 28.5 Å². The van der Waals surface area contributed by atoms with Crippen molar-refractivity contribution in [2.75, 3.05) is 14.1 Å². The lowest BCUT2D eigenvalue weighted by Gasteiger charge is -2.23. The Balaban J connectivity index is 1.96. The normalized spacial score (nSPS) is 15.9. The molecule has 2 heterocycles. The van der Waals surface area contributed by atoms with Crippen LogP contribution < -0.4 is 0 Å². The van der Waals surface area contributed by atoms with Gasteiger partial charge in [-0.25, -0.2) is 4.79 Å². The molecule has 27 heavy (non-hydrogen) atoms. The Kier molecular flexibility index (Phi) is 4.77. The van der Waals surface area contributed by atoms with Gasteiger partial charge in [0.05, 0.1) is 10.6 Å². The number of amides is 1. The summed E-state index contributed by atoms with van der Waals surface area (Å²) >= 11 is 1.64. The predicted molar refractivity (Wildman–Crippen MR) is 109 cm³/mol.